The third kappa shape index (κ3) is 1.64. The van der Waals surface area contributed by atoms with Crippen molar-refractivity contribution in [3.63, 3.8) is 0 Å². The fourth-order valence-electron chi connectivity index (χ4n) is 2.07. The number of nitrogens with one attached hydrogen (secondary N) is 2. The van der Waals surface area contributed by atoms with E-state index in [1.54, 1.807) is 0 Å². The lowest BCUT2D eigenvalue weighted by Crippen LogP contribution is -2.02. The van der Waals surface area contributed by atoms with Crippen molar-refractivity contribution in [1.82, 2.24) is 4.98 Å². The van der Waals surface area contributed by atoms with Gasteiger partial charge in [0, 0.05) is 11.8 Å². The summed E-state index contributed by atoms with van der Waals surface area (Å²) < 4.78 is 0. The zero-order chi connectivity index (χ0) is 11.7. The minimum absolute atomic E-state index is 0.534. The lowest BCUT2D eigenvalue weighted by Gasteiger charge is -2.06. The van der Waals surface area contributed by atoms with Crippen LogP contribution in [0.5, 0.6) is 0 Å². The van der Waals surface area contributed by atoms with Crippen LogP contribution in [0.25, 0.3) is 10.8 Å². The molecule has 2 aromatic carbocycles. The van der Waals surface area contributed by atoms with Crippen molar-refractivity contribution >= 4 is 16.5 Å². The van der Waals surface area contributed by atoms with Crippen LogP contribution < -0.4 is 0 Å². The van der Waals surface area contributed by atoms with Gasteiger partial charge in [-0.1, -0.05) is 42.5 Å². The zero-order valence-electron chi connectivity index (χ0n) is 9.27. The van der Waals surface area contributed by atoms with E-state index in [9.17, 15) is 0 Å². The maximum atomic E-state index is 8.24. The van der Waals surface area contributed by atoms with E-state index in [1.165, 1.54) is 5.39 Å². The monoisotopic (exact) mass is 220 g/mol. The minimum Gasteiger partial charge on any atom is -0.360 e. The van der Waals surface area contributed by atoms with Gasteiger partial charge in [0.25, 0.3) is 0 Å². The fraction of sp³-hybridized carbons (Fsp3) is 0. The van der Waals surface area contributed by atoms with Gasteiger partial charge in [-0.15, -0.1) is 0 Å². The fourth-order valence-corrected chi connectivity index (χ4v) is 2.07. The molecular formula is C15H12N2. The van der Waals surface area contributed by atoms with Gasteiger partial charge in [-0.3, -0.25) is 5.41 Å². The number of rotatable bonds is 2. The topological polar surface area (TPSA) is 39.6 Å². The molecule has 2 nitrogen and oxygen atoms in total. The Kier molecular flexibility index (Phi) is 2.26. The summed E-state index contributed by atoms with van der Waals surface area (Å²) in [6.45, 7) is 0. The van der Waals surface area contributed by atoms with E-state index < -0.39 is 0 Å². The third-order valence-corrected chi connectivity index (χ3v) is 2.93. The van der Waals surface area contributed by atoms with Crippen LogP contribution in [0.1, 0.15) is 11.3 Å². The van der Waals surface area contributed by atoms with Gasteiger partial charge in [-0.05, 0) is 22.9 Å². The van der Waals surface area contributed by atoms with Crippen LogP contribution >= 0.6 is 0 Å². The molecule has 0 aliphatic rings. The molecule has 17 heavy (non-hydrogen) atoms. The Morgan fingerprint density at radius 2 is 1.71 bits per heavy atom. The SMILES string of the molecule is N=C(c1ccc[nH]1)c1cccc2ccccc12. The van der Waals surface area contributed by atoms with Crippen molar-refractivity contribution in [2.45, 2.75) is 0 Å². The van der Waals surface area contributed by atoms with Gasteiger partial charge in [0.15, 0.2) is 0 Å². The normalized spacial score (nSPS) is 10.6. The summed E-state index contributed by atoms with van der Waals surface area (Å²) in [5, 5.41) is 10.5. The molecule has 0 radical (unpaired) electrons. The van der Waals surface area contributed by atoms with Crippen LogP contribution in [0, 0.1) is 5.41 Å². The Morgan fingerprint density at radius 3 is 2.53 bits per heavy atom. The summed E-state index contributed by atoms with van der Waals surface area (Å²) in [6.07, 6.45) is 1.84. The number of fused-ring (bicyclic) bond motifs is 1. The summed E-state index contributed by atoms with van der Waals surface area (Å²) in [7, 11) is 0. The van der Waals surface area contributed by atoms with Crippen LogP contribution in [0.2, 0.25) is 0 Å². The van der Waals surface area contributed by atoms with Crippen LogP contribution in [0.15, 0.2) is 60.8 Å². The predicted molar refractivity (Wildman–Crippen MR) is 70.7 cm³/mol. The molecule has 0 aliphatic heterocycles. The maximum Gasteiger partial charge on any atom is 0.0853 e. The van der Waals surface area contributed by atoms with E-state index >= 15 is 0 Å². The quantitative estimate of drug-likeness (QED) is 0.620. The average Bonchev–Trinajstić information content (AvgIpc) is 2.91. The van der Waals surface area contributed by atoms with Gasteiger partial charge in [0.1, 0.15) is 0 Å². The lowest BCUT2D eigenvalue weighted by atomic mass is 9.99. The van der Waals surface area contributed by atoms with Crippen molar-refractivity contribution in [1.29, 1.82) is 5.41 Å². The highest BCUT2D eigenvalue weighted by Gasteiger charge is 2.08. The molecule has 3 aromatic rings. The van der Waals surface area contributed by atoms with Crippen LogP contribution in [0.4, 0.5) is 0 Å². The van der Waals surface area contributed by atoms with Crippen molar-refractivity contribution in [2.24, 2.45) is 0 Å². The molecule has 0 bridgehead atoms. The highest BCUT2D eigenvalue weighted by molar-refractivity contribution is 6.16. The summed E-state index contributed by atoms with van der Waals surface area (Å²) in [5.41, 5.74) is 2.35. The third-order valence-electron chi connectivity index (χ3n) is 2.93. The molecule has 1 aromatic heterocycles. The highest BCUT2D eigenvalue weighted by atomic mass is 14.7. The Labute approximate surface area is 99.4 Å². The van der Waals surface area contributed by atoms with E-state index in [0.717, 1.165) is 16.6 Å². The molecule has 2 N–H and O–H groups in total. The molecule has 2 heteroatoms. The minimum atomic E-state index is 0.534. The largest absolute Gasteiger partial charge is 0.360 e. The lowest BCUT2D eigenvalue weighted by molar-refractivity contribution is 1.34. The van der Waals surface area contributed by atoms with Crippen LogP contribution in [0.3, 0.4) is 0 Å². The molecule has 1 heterocycles. The standard InChI is InChI=1S/C15H12N2/c16-15(14-9-4-10-17-14)13-8-3-6-11-5-1-2-7-12(11)13/h1-10,16-17H. The smallest absolute Gasteiger partial charge is 0.0853 e. The number of aromatic amines is 1. The summed E-state index contributed by atoms with van der Waals surface area (Å²) in [4.78, 5) is 3.08. The van der Waals surface area contributed by atoms with Gasteiger partial charge in [0.2, 0.25) is 0 Å². The Hall–Kier alpha value is -2.35. The van der Waals surface area contributed by atoms with Crippen molar-refractivity contribution < 1.29 is 0 Å². The van der Waals surface area contributed by atoms with Crippen molar-refractivity contribution in [2.75, 3.05) is 0 Å². The maximum absolute atomic E-state index is 8.24. The molecule has 0 aliphatic carbocycles. The first kappa shape index (κ1) is 9.85. The number of benzene rings is 2. The highest BCUT2D eigenvalue weighted by Crippen LogP contribution is 2.20. The van der Waals surface area contributed by atoms with E-state index in [1.807, 2.05) is 42.6 Å². The summed E-state index contributed by atoms with van der Waals surface area (Å²) >= 11 is 0. The van der Waals surface area contributed by atoms with Gasteiger partial charge < -0.3 is 4.98 Å². The number of hydrogen-bond donors (Lipinski definition) is 2. The first-order chi connectivity index (χ1) is 8.36. The van der Waals surface area contributed by atoms with Gasteiger partial charge >= 0.3 is 0 Å². The van der Waals surface area contributed by atoms with E-state index in [-0.39, 0.29) is 0 Å². The van der Waals surface area contributed by atoms with E-state index in [4.69, 9.17) is 5.41 Å². The van der Waals surface area contributed by atoms with Gasteiger partial charge in [-0.2, -0.15) is 0 Å². The second-order valence-electron chi connectivity index (χ2n) is 3.99. The van der Waals surface area contributed by atoms with Crippen LogP contribution in [-0.4, -0.2) is 10.7 Å². The van der Waals surface area contributed by atoms with E-state index in [2.05, 4.69) is 23.2 Å². The Balaban J connectivity index is 2.21. The molecule has 82 valence electrons. The average molecular weight is 220 g/mol. The molecule has 0 atom stereocenters. The number of H-pyrrole nitrogens is 1. The summed E-state index contributed by atoms with van der Waals surface area (Å²) in [5.74, 6) is 0. The second kappa shape index (κ2) is 3.91. The first-order valence-corrected chi connectivity index (χ1v) is 5.57. The molecule has 0 amide bonds. The molecule has 3 rings (SSSR count). The second-order valence-corrected chi connectivity index (χ2v) is 3.99. The summed E-state index contributed by atoms with van der Waals surface area (Å²) in [6, 6.07) is 18.0. The molecule has 0 saturated heterocycles. The molecule has 0 unspecified atom stereocenters. The molecule has 0 spiro atoms. The van der Waals surface area contributed by atoms with Crippen LogP contribution in [-0.2, 0) is 0 Å². The zero-order valence-corrected chi connectivity index (χ0v) is 9.27. The molecule has 0 fully saturated rings. The number of hydrogen-bond acceptors (Lipinski definition) is 1. The van der Waals surface area contributed by atoms with Gasteiger partial charge in [0.05, 0.1) is 11.4 Å². The van der Waals surface area contributed by atoms with Gasteiger partial charge in [-0.25, -0.2) is 0 Å². The Bertz CT molecular complexity index is 661. The van der Waals surface area contributed by atoms with E-state index in [0.29, 0.717) is 5.71 Å². The molecule has 0 saturated carbocycles. The first-order valence-electron chi connectivity index (χ1n) is 5.57. The Morgan fingerprint density at radius 1 is 0.882 bits per heavy atom. The molecular weight excluding hydrogens is 208 g/mol. The number of aromatic nitrogens is 1. The van der Waals surface area contributed by atoms with Crippen molar-refractivity contribution in [3.8, 4) is 0 Å². The predicted octanol–water partition coefficient (Wildman–Crippen LogP) is 3.58. The van der Waals surface area contributed by atoms with Crippen molar-refractivity contribution in [3.05, 3.63) is 72.1 Å².